The van der Waals surface area contributed by atoms with Gasteiger partial charge in [0.15, 0.2) is 11.5 Å². The lowest BCUT2D eigenvalue weighted by Gasteiger charge is -2.11. The minimum atomic E-state index is -0.279. The van der Waals surface area contributed by atoms with Gasteiger partial charge >= 0.3 is 0 Å². The molecule has 2 N–H and O–H groups in total. The van der Waals surface area contributed by atoms with Crippen LogP contribution in [0, 0.1) is 5.92 Å². The molecular weight excluding hydrogens is 344 g/mol. The summed E-state index contributed by atoms with van der Waals surface area (Å²) < 4.78 is 7.29. The summed E-state index contributed by atoms with van der Waals surface area (Å²) in [5.74, 6) is -0.0150. The number of ether oxygens (including phenoxy) is 1. The van der Waals surface area contributed by atoms with Crippen molar-refractivity contribution in [2.24, 2.45) is 11.0 Å². The van der Waals surface area contributed by atoms with Crippen molar-refractivity contribution in [3.63, 3.8) is 0 Å². The molecule has 140 valence electrons. The molecule has 1 unspecified atom stereocenters. The van der Waals surface area contributed by atoms with Crippen molar-refractivity contribution in [3.8, 4) is 11.5 Å². The van der Waals surface area contributed by atoms with Crippen LogP contribution in [0.25, 0.3) is 11.0 Å². The van der Waals surface area contributed by atoms with E-state index < -0.39 is 0 Å². The van der Waals surface area contributed by atoms with Crippen LogP contribution in [-0.2, 0) is 11.3 Å². The molecular formula is C20H22N4O3. The largest absolute Gasteiger partial charge is 0.504 e. The molecule has 0 aliphatic carbocycles. The number of para-hydroxylation sites is 2. The number of aromatic hydroxyl groups is 1. The molecule has 1 heterocycles. The predicted molar refractivity (Wildman–Crippen MR) is 104 cm³/mol. The van der Waals surface area contributed by atoms with E-state index in [4.69, 9.17) is 4.74 Å². The standard InChI is InChI=1S/C20H22N4O3/c1-3-27-19-10-15(8-9-18(19)25)11-22-23-20(26)14(2)12-24-13-21-16-6-4-5-7-17(16)24/h4-11,13-14,25H,3,12H2,1-2H3,(H,23,26). The van der Waals surface area contributed by atoms with Crippen molar-refractivity contribution in [2.45, 2.75) is 20.4 Å². The smallest absolute Gasteiger partial charge is 0.244 e. The van der Waals surface area contributed by atoms with Crippen molar-refractivity contribution in [2.75, 3.05) is 6.61 Å². The molecule has 0 saturated carbocycles. The first-order valence-electron chi connectivity index (χ1n) is 8.77. The van der Waals surface area contributed by atoms with Crippen LogP contribution in [0.3, 0.4) is 0 Å². The second kappa shape index (κ2) is 8.35. The Balaban J connectivity index is 1.60. The molecule has 3 aromatic rings. The van der Waals surface area contributed by atoms with E-state index in [9.17, 15) is 9.90 Å². The molecule has 0 bridgehead atoms. The molecule has 3 rings (SSSR count). The van der Waals surface area contributed by atoms with Crippen LogP contribution in [0.2, 0.25) is 0 Å². The maximum Gasteiger partial charge on any atom is 0.244 e. The van der Waals surface area contributed by atoms with E-state index in [1.165, 1.54) is 12.3 Å². The molecule has 7 nitrogen and oxygen atoms in total. The zero-order valence-corrected chi connectivity index (χ0v) is 15.3. The lowest BCUT2D eigenvalue weighted by Crippen LogP contribution is -2.27. The number of hydrogen-bond donors (Lipinski definition) is 2. The number of aromatic nitrogens is 2. The van der Waals surface area contributed by atoms with E-state index in [1.807, 2.05) is 42.7 Å². The highest BCUT2D eigenvalue weighted by atomic mass is 16.5. The van der Waals surface area contributed by atoms with Gasteiger partial charge in [-0.1, -0.05) is 19.1 Å². The van der Waals surface area contributed by atoms with E-state index in [2.05, 4.69) is 15.5 Å². The number of phenols is 1. The van der Waals surface area contributed by atoms with Crippen LogP contribution < -0.4 is 10.2 Å². The fourth-order valence-electron chi connectivity index (χ4n) is 2.70. The Morgan fingerprint density at radius 2 is 2.19 bits per heavy atom. The average Bonchev–Trinajstić information content (AvgIpc) is 3.07. The van der Waals surface area contributed by atoms with E-state index in [0.29, 0.717) is 24.5 Å². The molecule has 0 aliphatic rings. The zero-order chi connectivity index (χ0) is 19.2. The maximum atomic E-state index is 12.3. The number of fused-ring (bicyclic) bond motifs is 1. The molecule has 0 radical (unpaired) electrons. The molecule has 0 saturated heterocycles. The Morgan fingerprint density at radius 1 is 1.37 bits per heavy atom. The Morgan fingerprint density at radius 3 is 3.00 bits per heavy atom. The second-order valence-electron chi connectivity index (χ2n) is 6.18. The number of imidazole rings is 1. The molecule has 0 aliphatic heterocycles. The Hall–Kier alpha value is -3.35. The Bertz CT molecular complexity index is 965. The SMILES string of the molecule is CCOc1cc(C=NNC(=O)C(C)Cn2cnc3ccccc32)ccc1O. The van der Waals surface area contributed by atoms with Gasteiger partial charge < -0.3 is 14.4 Å². The quantitative estimate of drug-likeness (QED) is 0.497. The maximum absolute atomic E-state index is 12.3. The zero-order valence-electron chi connectivity index (χ0n) is 15.3. The number of nitrogens with zero attached hydrogens (tertiary/aromatic N) is 3. The highest BCUT2D eigenvalue weighted by Gasteiger charge is 2.14. The number of phenolic OH excluding ortho intramolecular Hbond substituents is 1. The first-order valence-corrected chi connectivity index (χ1v) is 8.77. The molecule has 1 aromatic heterocycles. The van der Waals surface area contributed by atoms with Crippen LogP contribution in [0.1, 0.15) is 19.4 Å². The highest BCUT2D eigenvalue weighted by molar-refractivity contribution is 5.84. The Labute approximate surface area is 157 Å². The van der Waals surface area contributed by atoms with Gasteiger partial charge in [0.05, 0.1) is 36.1 Å². The third-order valence-corrected chi connectivity index (χ3v) is 4.12. The molecule has 0 fully saturated rings. The number of nitrogens with one attached hydrogen (secondary N) is 1. The van der Waals surface area contributed by atoms with Gasteiger partial charge in [0.2, 0.25) is 5.91 Å². The van der Waals surface area contributed by atoms with Gasteiger partial charge in [-0.05, 0) is 42.8 Å². The van der Waals surface area contributed by atoms with Crippen LogP contribution >= 0.6 is 0 Å². The fourth-order valence-corrected chi connectivity index (χ4v) is 2.70. The molecule has 27 heavy (non-hydrogen) atoms. The summed E-state index contributed by atoms with van der Waals surface area (Å²) in [6, 6.07) is 12.7. The lowest BCUT2D eigenvalue weighted by molar-refractivity contribution is -0.124. The van der Waals surface area contributed by atoms with Gasteiger partial charge in [-0.25, -0.2) is 10.4 Å². The van der Waals surface area contributed by atoms with E-state index in [-0.39, 0.29) is 17.6 Å². The number of carbonyl (C=O) groups is 1. The summed E-state index contributed by atoms with van der Waals surface area (Å²) in [4.78, 5) is 16.6. The minimum Gasteiger partial charge on any atom is -0.504 e. The molecule has 2 aromatic carbocycles. The minimum absolute atomic E-state index is 0.0687. The predicted octanol–water partition coefficient (Wildman–Crippen LogP) is 2.93. The van der Waals surface area contributed by atoms with E-state index >= 15 is 0 Å². The first-order chi connectivity index (χ1) is 13.1. The van der Waals surface area contributed by atoms with Crippen molar-refractivity contribution in [1.82, 2.24) is 15.0 Å². The molecule has 1 amide bonds. The van der Waals surface area contributed by atoms with Gasteiger partial charge in [-0.15, -0.1) is 0 Å². The molecule has 0 spiro atoms. The summed E-state index contributed by atoms with van der Waals surface area (Å²) in [6.45, 7) is 4.64. The average molecular weight is 366 g/mol. The Kier molecular flexibility index (Phi) is 5.71. The summed E-state index contributed by atoms with van der Waals surface area (Å²) in [5.41, 5.74) is 5.16. The van der Waals surface area contributed by atoms with Gasteiger partial charge in [-0.2, -0.15) is 5.10 Å². The van der Waals surface area contributed by atoms with Gasteiger partial charge in [-0.3, -0.25) is 4.79 Å². The molecule has 7 heteroatoms. The number of amides is 1. The van der Waals surface area contributed by atoms with Crippen LogP contribution in [-0.4, -0.2) is 33.4 Å². The van der Waals surface area contributed by atoms with Crippen LogP contribution in [0.15, 0.2) is 53.9 Å². The van der Waals surface area contributed by atoms with Crippen LogP contribution in [0.5, 0.6) is 11.5 Å². The summed E-state index contributed by atoms with van der Waals surface area (Å²) in [7, 11) is 0. The lowest BCUT2D eigenvalue weighted by atomic mass is 10.1. The third kappa shape index (κ3) is 4.44. The van der Waals surface area contributed by atoms with Gasteiger partial charge in [0, 0.05) is 6.54 Å². The fraction of sp³-hybridized carbons (Fsp3) is 0.250. The van der Waals surface area contributed by atoms with E-state index in [1.54, 1.807) is 18.5 Å². The molecule has 1 atom stereocenters. The van der Waals surface area contributed by atoms with Crippen molar-refractivity contribution in [3.05, 3.63) is 54.4 Å². The summed E-state index contributed by atoms with van der Waals surface area (Å²) in [5, 5.41) is 13.7. The van der Waals surface area contributed by atoms with Gasteiger partial charge in [0.25, 0.3) is 0 Å². The number of hydrazone groups is 1. The van der Waals surface area contributed by atoms with Crippen molar-refractivity contribution < 1.29 is 14.6 Å². The second-order valence-corrected chi connectivity index (χ2v) is 6.18. The summed E-state index contributed by atoms with van der Waals surface area (Å²) >= 11 is 0. The van der Waals surface area contributed by atoms with E-state index in [0.717, 1.165) is 11.0 Å². The number of carbonyl (C=O) groups excluding carboxylic acids is 1. The number of benzene rings is 2. The van der Waals surface area contributed by atoms with Crippen molar-refractivity contribution >= 4 is 23.2 Å². The van der Waals surface area contributed by atoms with Crippen molar-refractivity contribution in [1.29, 1.82) is 0 Å². The first kappa shape index (κ1) is 18.4. The monoisotopic (exact) mass is 366 g/mol. The highest BCUT2D eigenvalue weighted by Crippen LogP contribution is 2.26. The third-order valence-electron chi connectivity index (χ3n) is 4.12. The normalized spacial score (nSPS) is 12.4. The topological polar surface area (TPSA) is 88.7 Å². The number of hydrogen-bond acceptors (Lipinski definition) is 5. The van der Waals surface area contributed by atoms with Gasteiger partial charge in [0.1, 0.15) is 0 Å². The number of rotatable bonds is 7. The van der Waals surface area contributed by atoms with Crippen LogP contribution in [0.4, 0.5) is 0 Å². The summed E-state index contributed by atoms with van der Waals surface area (Å²) in [6.07, 6.45) is 3.25.